The van der Waals surface area contributed by atoms with Gasteiger partial charge in [-0.05, 0) is 12.8 Å². The van der Waals surface area contributed by atoms with E-state index in [1.165, 1.54) is 51.6 Å². The zero-order valence-electron chi connectivity index (χ0n) is 10.6. The second-order valence-electron chi connectivity index (χ2n) is 4.18. The first-order valence-electron chi connectivity index (χ1n) is 6.14. The van der Waals surface area contributed by atoms with Crippen LogP contribution in [0, 0.1) is 0 Å². The van der Waals surface area contributed by atoms with Crippen molar-refractivity contribution in [2.45, 2.75) is 52.4 Å². The van der Waals surface area contributed by atoms with Crippen LogP contribution in [0.4, 0.5) is 0 Å². The zero-order chi connectivity index (χ0) is 10.8. The number of hydrogen-bond acceptors (Lipinski definition) is 2. The van der Waals surface area contributed by atoms with E-state index in [2.05, 4.69) is 38.0 Å². The highest BCUT2D eigenvalue weighted by Gasteiger charge is 2.03. The standard InChI is InChI=1S/C12H28N2/c1-5-7-9-11-13(3)14(4)12-10-8-6-2/h5-12H2,1-4H3. The van der Waals surface area contributed by atoms with E-state index in [-0.39, 0.29) is 0 Å². The molecule has 0 atom stereocenters. The molecule has 0 bridgehead atoms. The van der Waals surface area contributed by atoms with Crippen LogP contribution in [0.2, 0.25) is 0 Å². The Morgan fingerprint density at radius 1 is 0.643 bits per heavy atom. The summed E-state index contributed by atoms with van der Waals surface area (Å²) >= 11 is 0. The van der Waals surface area contributed by atoms with Crippen molar-refractivity contribution in [2.75, 3.05) is 27.2 Å². The molecule has 0 amide bonds. The maximum atomic E-state index is 2.35. The first-order valence-corrected chi connectivity index (χ1v) is 6.14. The molecule has 0 rings (SSSR count). The van der Waals surface area contributed by atoms with Gasteiger partial charge in [0.1, 0.15) is 0 Å². The Bertz CT molecular complexity index is 101. The highest BCUT2D eigenvalue weighted by Crippen LogP contribution is 2.01. The third kappa shape index (κ3) is 7.34. The first kappa shape index (κ1) is 13.9. The van der Waals surface area contributed by atoms with Gasteiger partial charge in [0.05, 0.1) is 0 Å². The van der Waals surface area contributed by atoms with Crippen molar-refractivity contribution in [3.8, 4) is 0 Å². The minimum Gasteiger partial charge on any atom is -0.245 e. The monoisotopic (exact) mass is 200 g/mol. The topological polar surface area (TPSA) is 6.48 Å². The van der Waals surface area contributed by atoms with E-state index in [4.69, 9.17) is 0 Å². The molecule has 2 nitrogen and oxygen atoms in total. The van der Waals surface area contributed by atoms with Gasteiger partial charge in [-0.1, -0.05) is 39.5 Å². The summed E-state index contributed by atoms with van der Waals surface area (Å²) in [6.45, 7) is 6.92. The van der Waals surface area contributed by atoms with E-state index in [1.807, 2.05) is 0 Å². The Morgan fingerprint density at radius 2 is 1.00 bits per heavy atom. The van der Waals surface area contributed by atoms with Crippen LogP contribution < -0.4 is 0 Å². The molecule has 0 saturated carbocycles. The molecule has 0 aromatic carbocycles. The Hall–Kier alpha value is -0.0800. The number of hydrogen-bond donors (Lipinski definition) is 0. The van der Waals surface area contributed by atoms with Gasteiger partial charge in [-0.3, -0.25) is 0 Å². The smallest absolute Gasteiger partial charge is 0.0130 e. The lowest BCUT2D eigenvalue weighted by Crippen LogP contribution is -2.37. The molecule has 0 fully saturated rings. The zero-order valence-corrected chi connectivity index (χ0v) is 10.6. The summed E-state index contributed by atoms with van der Waals surface area (Å²) in [5.74, 6) is 0. The lowest BCUT2D eigenvalue weighted by Gasteiger charge is -2.28. The van der Waals surface area contributed by atoms with Crippen molar-refractivity contribution in [2.24, 2.45) is 0 Å². The van der Waals surface area contributed by atoms with Crippen molar-refractivity contribution >= 4 is 0 Å². The molecule has 0 heterocycles. The third-order valence-electron chi connectivity index (χ3n) is 2.75. The first-order chi connectivity index (χ1) is 6.72. The fraction of sp³-hybridized carbons (Fsp3) is 1.00. The van der Waals surface area contributed by atoms with E-state index in [9.17, 15) is 0 Å². The average molecular weight is 200 g/mol. The summed E-state index contributed by atoms with van der Waals surface area (Å²) in [5, 5.41) is 4.70. The molecule has 0 unspecified atom stereocenters. The summed E-state index contributed by atoms with van der Waals surface area (Å²) in [4.78, 5) is 0. The van der Waals surface area contributed by atoms with E-state index in [0.29, 0.717) is 0 Å². The second kappa shape index (κ2) is 9.47. The highest BCUT2D eigenvalue weighted by atomic mass is 15.6. The Morgan fingerprint density at radius 3 is 1.29 bits per heavy atom. The van der Waals surface area contributed by atoms with Crippen LogP contribution in [0.25, 0.3) is 0 Å². The Labute approximate surface area is 90.2 Å². The van der Waals surface area contributed by atoms with Crippen LogP contribution in [0.5, 0.6) is 0 Å². The molecule has 86 valence electrons. The summed E-state index contributed by atoms with van der Waals surface area (Å²) < 4.78 is 0. The van der Waals surface area contributed by atoms with Crippen molar-refractivity contribution < 1.29 is 0 Å². The van der Waals surface area contributed by atoms with Crippen molar-refractivity contribution in [3.63, 3.8) is 0 Å². The molecule has 0 aromatic rings. The number of unbranched alkanes of at least 4 members (excludes halogenated alkanes) is 4. The molecule has 0 aliphatic heterocycles. The molecule has 0 aliphatic carbocycles. The van der Waals surface area contributed by atoms with Crippen LogP contribution in [-0.2, 0) is 0 Å². The van der Waals surface area contributed by atoms with Gasteiger partial charge < -0.3 is 0 Å². The maximum Gasteiger partial charge on any atom is 0.0130 e. The van der Waals surface area contributed by atoms with Crippen molar-refractivity contribution in [3.05, 3.63) is 0 Å². The van der Waals surface area contributed by atoms with Crippen LogP contribution in [-0.4, -0.2) is 37.2 Å². The van der Waals surface area contributed by atoms with Gasteiger partial charge in [-0.2, -0.15) is 0 Å². The van der Waals surface area contributed by atoms with Gasteiger partial charge in [0.25, 0.3) is 0 Å². The fourth-order valence-corrected chi connectivity index (χ4v) is 1.52. The van der Waals surface area contributed by atoms with Gasteiger partial charge in [-0.25, -0.2) is 10.0 Å². The van der Waals surface area contributed by atoms with E-state index in [1.54, 1.807) is 0 Å². The molecule has 0 radical (unpaired) electrons. The SMILES string of the molecule is CCCCCN(C)N(C)CCCCC. The number of hydrazine groups is 1. The lowest BCUT2D eigenvalue weighted by atomic mass is 10.2. The van der Waals surface area contributed by atoms with Crippen molar-refractivity contribution in [1.29, 1.82) is 0 Å². The molecule has 0 saturated heterocycles. The van der Waals surface area contributed by atoms with Crippen LogP contribution in [0.3, 0.4) is 0 Å². The van der Waals surface area contributed by atoms with Crippen molar-refractivity contribution in [1.82, 2.24) is 10.0 Å². The predicted octanol–water partition coefficient (Wildman–Crippen LogP) is 3.15. The molecule has 0 aliphatic rings. The lowest BCUT2D eigenvalue weighted by molar-refractivity contribution is 0.0242. The van der Waals surface area contributed by atoms with Gasteiger partial charge in [0, 0.05) is 27.2 Å². The number of rotatable bonds is 9. The molecule has 0 N–H and O–H groups in total. The minimum absolute atomic E-state index is 1.20. The predicted molar refractivity (Wildman–Crippen MR) is 64.3 cm³/mol. The summed E-state index contributed by atoms with van der Waals surface area (Å²) in [7, 11) is 4.39. The van der Waals surface area contributed by atoms with Crippen LogP contribution in [0.15, 0.2) is 0 Å². The minimum atomic E-state index is 1.20. The van der Waals surface area contributed by atoms with Gasteiger partial charge >= 0.3 is 0 Å². The van der Waals surface area contributed by atoms with Gasteiger partial charge in [-0.15, -0.1) is 0 Å². The van der Waals surface area contributed by atoms with E-state index >= 15 is 0 Å². The molecular formula is C12H28N2. The van der Waals surface area contributed by atoms with Gasteiger partial charge in [0.2, 0.25) is 0 Å². The summed E-state index contributed by atoms with van der Waals surface area (Å²) in [6, 6.07) is 0. The second-order valence-corrected chi connectivity index (χ2v) is 4.18. The van der Waals surface area contributed by atoms with Crippen LogP contribution >= 0.6 is 0 Å². The Kier molecular flexibility index (Phi) is 9.42. The third-order valence-corrected chi connectivity index (χ3v) is 2.75. The largest absolute Gasteiger partial charge is 0.245 e. The summed E-state index contributed by atoms with van der Waals surface area (Å²) in [5.41, 5.74) is 0. The highest BCUT2D eigenvalue weighted by molar-refractivity contribution is 4.50. The van der Waals surface area contributed by atoms with E-state index in [0.717, 1.165) is 0 Å². The quantitative estimate of drug-likeness (QED) is 0.417. The average Bonchev–Trinajstić information content (AvgIpc) is 2.18. The fourth-order valence-electron chi connectivity index (χ4n) is 1.52. The molecule has 14 heavy (non-hydrogen) atoms. The summed E-state index contributed by atoms with van der Waals surface area (Å²) in [6.07, 6.45) is 7.98. The van der Waals surface area contributed by atoms with Gasteiger partial charge in [0.15, 0.2) is 0 Å². The molecule has 0 aromatic heterocycles. The molecule has 0 spiro atoms. The molecule has 2 heteroatoms. The Balaban J connectivity index is 3.39. The normalized spacial score (nSPS) is 11.6. The number of nitrogens with zero attached hydrogens (tertiary/aromatic N) is 2. The van der Waals surface area contributed by atoms with Crippen LogP contribution in [0.1, 0.15) is 52.4 Å². The molecular weight excluding hydrogens is 172 g/mol. The maximum absolute atomic E-state index is 2.35. The van der Waals surface area contributed by atoms with E-state index < -0.39 is 0 Å².